The highest BCUT2D eigenvalue weighted by Gasteiger charge is 2.23. The lowest BCUT2D eigenvalue weighted by molar-refractivity contribution is -0.141. The molecule has 0 spiro atoms. The second-order valence-corrected chi connectivity index (χ2v) is 5.72. The summed E-state index contributed by atoms with van der Waals surface area (Å²) in [5.74, 6) is 0.0585. The molecule has 0 aromatic heterocycles. The lowest BCUT2D eigenvalue weighted by Crippen LogP contribution is -2.49. The minimum atomic E-state index is -0.176. The number of nitrogens with zero attached hydrogens (tertiary/aromatic N) is 2. The van der Waals surface area contributed by atoms with E-state index in [1.54, 1.807) is 0 Å². The van der Waals surface area contributed by atoms with Crippen LogP contribution in [0.25, 0.3) is 0 Å². The lowest BCUT2D eigenvalue weighted by Gasteiger charge is -2.34. The first kappa shape index (κ1) is 16.2. The Hall–Kier alpha value is -1.14. The molecule has 0 radical (unpaired) electrons. The van der Waals surface area contributed by atoms with Crippen molar-refractivity contribution in [1.29, 1.82) is 0 Å². The van der Waals surface area contributed by atoms with Crippen molar-refractivity contribution in [3.8, 4) is 0 Å². The van der Waals surface area contributed by atoms with Gasteiger partial charge in [-0.05, 0) is 19.3 Å². The lowest BCUT2D eigenvalue weighted by atomic mass is 10.1. The van der Waals surface area contributed by atoms with E-state index >= 15 is 0 Å². The van der Waals surface area contributed by atoms with Crippen molar-refractivity contribution >= 4 is 11.9 Å². The van der Waals surface area contributed by atoms with Crippen LogP contribution >= 0.6 is 0 Å². The Morgan fingerprint density at radius 2 is 1.95 bits per heavy atom. The van der Waals surface area contributed by atoms with E-state index in [0.29, 0.717) is 19.4 Å². The van der Waals surface area contributed by atoms with Gasteiger partial charge in [0, 0.05) is 45.8 Å². The number of hydrogen-bond donors (Lipinski definition) is 0. The van der Waals surface area contributed by atoms with Gasteiger partial charge in [-0.3, -0.25) is 14.5 Å². The van der Waals surface area contributed by atoms with E-state index < -0.39 is 0 Å². The van der Waals surface area contributed by atoms with Crippen LogP contribution in [0, 0.1) is 0 Å². The van der Waals surface area contributed by atoms with Gasteiger partial charge in [-0.2, -0.15) is 0 Å². The van der Waals surface area contributed by atoms with Gasteiger partial charge in [0.05, 0.1) is 19.6 Å². The summed E-state index contributed by atoms with van der Waals surface area (Å²) >= 11 is 0. The topological polar surface area (TPSA) is 59.1 Å². The molecule has 2 rings (SSSR count). The molecule has 2 heterocycles. The van der Waals surface area contributed by atoms with Crippen molar-refractivity contribution in [2.24, 2.45) is 0 Å². The molecule has 2 fully saturated rings. The standard InChI is InChI=1S/C15H26N2O4/c1-20-15(19)6-7-16-8-10-17(11-9-16)14(18)5-4-13-3-2-12-21-13/h13H,2-12H2,1H3. The van der Waals surface area contributed by atoms with Crippen LogP contribution in [0.4, 0.5) is 0 Å². The summed E-state index contributed by atoms with van der Waals surface area (Å²) in [6.07, 6.45) is 4.36. The van der Waals surface area contributed by atoms with E-state index in [4.69, 9.17) is 4.74 Å². The predicted molar refractivity (Wildman–Crippen MR) is 77.9 cm³/mol. The molecule has 2 aliphatic heterocycles. The maximum absolute atomic E-state index is 12.2. The van der Waals surface area contributed by atoms with Gasteiger partial charge in [0.2, 0.25) is 5.91 Å². The minimum absolute atomic E-state index is 0.176. The van der Waals surface area contributed by atoms with E-state index in [2.05, 4.69) is 9.64 Å². The minimum Gasteiger partial charge on any atom is -0.469 e. The first-order chi connectivity index (χ1) is 10.2. The molecule has 6 heteroatoms. The number of rotatable bonds is 6. The monoisotopic (exact) mass is 298 g/mol. The van der Waals surface area contributed by atoms with Gasteiger partial charge in [-0.25, -0.2) is 0 Å². The summed E-state index contributed by atoms with van der Waals surface area (Å²) in [5, 5.41) is 0. The summed E-state index contributed by atoms with van der Waals surface area (Å²) in [6, 6.07) is 0. The van der Waals surface area contributed by atoms with E-state index in [0.717, 1.165) is 52.0 Å². The van der Waals surface area contributed by atoms with E-state index in [-0.39, 0.29) is 18.0 Å². The first-order valence-corrected chi connectivity index (χ1v) is 7.87. The summed E-state index contributed by atoms with van der Waals surface area (Å²) < 4.78 is 10.2. The Morgan fingerprint density at radius 3 is 2.57 bits per heavy atom. The Labute approximate surface area is 126 Å². The number of amides is 1. The first-order valence-electron chi connectivity index (χ1n) is 7.87. The van der Waals surface area contributed by atoms with E-state index in [9.17, 15) is 9.59 Å². The van der Waals surface area contributed by atoms with Crippen LogP contribution in [0.15, 0.2) is 0 Å². The largest absolute Gasteiger partial charge is 0.469 e. The van der Waals surface area contributed by atoms with Crippen molar-refractivity contribution in [1.82, 2.24) is 9.80 Å². The Morgan fingerprint density at radius 1 is 1.19 bits per heavy atom. The summed E-state index contributed by atoms with van der Waals surface area (Å²) in [7, 11) is 1.41. The zero-order valence-electron chi connectivity index (χ0n) is 12.9. The van der Waals surface area contributed by atoms with Crippen molar-refractivity contribution < 1.29 is 19.1 Å². The van der Waals surface area contributed by atoms with Gasteiger partial charge >= 0.3 is 5.97 Å². The van der Waals surface area contributed by atoms with Crippen LogP contribution in [-0.2, 0) is 19.1 Å². The molecule has 6 nitrogen and oxygen atoms in total. The highest BCUT2D eigenvalue weighted by molar-refractivity contribution is 5.76. The highest BCUT2D eigenvalue weighted by atomic mass is 16.5. The number of hydrogen-bond acceptors (Lipinski definition) is 5. The molecule has 0 aliphatic carbocycles. The fourth-order valence-corrected chi connectivity index (χ4v) is 2.89. The van der Waals surface area contributed by atoms with E-state index in [1.807, 2.05) is 4.90 Å². The molecule has 1 unspecified atom stereocenters. The number of methoxy groups -OCH3 is 1. The van der Waals surface area contributed by atoms with Crippen LogP contribution < -0.4 is 0 Å². The van der Waals surface area contributed by atoms with Crippen molar-refractivity contribution in [3.63, 3.8) is 0 Å². The van der Waals surface area contributed by atoms with Gasteiger partial charge in [-0.15, -0.1) is 0 Å². The van der Waals surface area contributed by atoms with E-state index in [1.165, 1.54) is 7.11 Å². The third-order valence-corrected chi connectivity index (χ3v) is 4.29. The smallest absolute Gasteiger partial charge is 0.306 e. The van der Waals surface area contributed by atoms with Gasteiger partial charge in [-0.1, -0.05) is 0 Å². The van der Waals surface area contributed by atoms with Crippen LogP contribution in [0.1, 0.15) is 32.1 Å². The average molecular weight is 298 g/mol. The van der Waals surface area contributed by atoms with Gasteiger partial charge < -0.3 is 14.4 Å². The molecule has 2 aliphatic rings. The Balaban J connectivity index is 1.61. The maximum Gasteiger partial charge on any atom is 0.306 e. The SMILES string of the molecule is COC(=O)CCN1CCN(C(=O)CCC2CCCO2)CC1. The number of ether oxygens (including phenoxy) is 2. The predicted octanol–water partition coefficient (Wildman–Crippen LogP) is 0.653. The highest BCUT2D eigenvalue weighted by Crippen LogP contribution is 2.17. The third-order valence-electron chi connectivity index (χ3n) is 4.29. The molecule has 0 bridgehead atoms. The molecule has 0 saturated carbocycles. The van der Waals surface area contributed by atoms with Gasteiger partial charge in [0.25, 0.3) is 0 Å². The van der Waals surface area contributed by atoms with Crippen LogP contribution in [-0.4, -0.2) is 74.2 Å². The van der Waals surface area contributed by atoms with Crippen LogP contribution in [0.2, 0.25) is 0 Å². The summed E-state index contributed by atoms with van der Waals surface area (Å²) in [4.78, 5) is 27.4. The fraction of sp³-hybridized carbons (Fsp3) is 0.867. The van der Waals surface area contributed by atoms with Crippen LogP contribution in [0.5, 0.6) is 0 Å². The Bertz CT molecular complexity index is 348. The van der Waals surface area contributed by atoms with Crippen molar-refractivity contribution in [2.45, 2.75) is 38.2 Å². The number of carbonyl (C=O) groups is 2. The molecule has 2 saturated heterocycles. The molecular weight excluding hydrogens is 272 g/mol. The summed E-state index contributed by atoms with van der Waals surface area (Å²) in [5.41, 5.74) is 0. The number of piperazine rings is 1. The van der Waals surface area contributed by atoms with Crippen molar-refractivity contribution in [3.05, 3.63) is 0 Å². The number of carbonyl (C=O) groups excluding carboxylic acids is 2. The second-order valence-electron chi connectivity index (χ2n) is 5.72. The second kappa shape index (κ2) is 8.34. The number of esters is 1. The van der Waals surface area contributed by atoms with Crippen molar-refractivity contribution in [2.75, 3.05) is 46.4 Å². The summed E-state index contributed by atoms with van der Waals surface area (Å²) in [6.45, 7) is 4.74. The molecule has 120 valence electrons. The fourth-order valence-electron chi connectivity index (χ4n) is 2.89. The molecule has 1 atom stereocenters. The van der Waals surface area contributed by atoms with Crippen LogP contribution in [0.3, 0.4) is 0 Å². The molecule has 21 heavy (non-hydrogen) atoms. The molecule has 0 aromatic carbocycles. The molecule has 0 N–H and O–H groups in total. The molecule has 0 aromatic rings. The quantitative estimate of drug-likeness (QED) is 0.674. The van der Waals surface area contributed by atoms with Gasteiger partial charge in [0.15, 0.2) is 0 Å². The zero-order chi connectivity index (χ0) is 15.1. The third kappa shape index (κ3) is 5.28. The average Bonchev–Trinajstić information content (AvgIpc) is 3.04. The zero-order valence-corrected chi connectivity index (χ0v) is 12.9. The Kier molecular flexibility index (Phi) is 6.45. The maximum atomic E-state index is 12.2. The normalized spacial score (nSPS) is 23.3. The molecular formula is C15H26N2O4. The molecule has 1 amide bonds. The van der Waals surface area contributed by atoms with Gasteiger partial charge in [0.1, 0.15) is 0 Å².